The standard InChI is InChI=1S/C13H18N2OS2/c1-17-13-15-11(7-18-13)12(16)14-10-6-5-8-3-2-4-9(8)10/h7-10H,2-6H2,1H3,(H,14,16)/t8-,9-,10-/m1/s1. The number of nitrogens with zero attached hydrogens (tertiary/aromatic N) is 1. The molecule has 0 bridgehead atoms. The van der Waals surface area contributed by atoms with Crippen molar-refractivity contribution in [2.75, 3.05) is 6.26 Å². The molecule has 0 spiro atoms. The summed E-state index contributed by atoms with van der Waals surface area (Å²) in [6, 6.07) is 0.393. The molecule has 1 aromatic heterocycles. The van der Waals surface area contributed by atoms with Crippen LogP contribution in [0.25, 0.3) is 0 Å². The second-order valence-electron chi connectivity index (χ2n) is 5.21. The molecule has 1 heterocycles. The molecule has 0 aromatic carbocycles. The third-order valence-corrected chi connectivity index (χ3v) is 6.15. The third kappa shape index (κ3) is 2.30. The monoisotopic (exact) mass is 282 g/mol. The number of fused-ring (bicyclic) bond motifs is 1. The van der Waals surface area contributed by atoms with E-state index in [2.05, 4.69) is 10.3 Å². The molecule has 5 heteroatoms. The van der Waals surface area contributed by atoms with E-state index in [-0.39, 0.29) is 5.91 Å². The molecule has 1 amide bonds. The number of carbonyl (C=O) groups excluding carboxylic acids is 1. The molecule has 3 rings (SSSR count). The topological polar surface area (TPSA) is 42.0 Å². The van der Waals surface area contributed by atoms with Crippen LogP contribution in [0.4, 0.5) is 0 Å². The molecule has 98 valence electrons. The first kappa shape index (κ1) is 12.5. The van der Waals surface area contributed by atoms with Gasteiger partial charge in [-0.3, -0.25) is 4.79 Å². The average Bonchev–Trinajstić information content (AvgIpc) is 3.05. The normalized spacial score (nSPS) is 30.4. The minimum Gasteiger partial charge on any atom is -0.348 e. The van der Waals surface area contributed by atoms with Gasteiger partial charge in [-0.05, 0) is 37.4 Å². The molecule has 3 nitrogen and oxygen atoms in total. The van der Waals surface area contributed by atoms with Gasteiger partial charge in [-0.25, -0.2) is 4.98 Å². The highest BCUT2D eigenvalue weighted by Gasteiger charge is 2.39. The summed E-state index contributed by atoms with van der Waals surface area (Å²) in [5.74, 6) is 1.61. The zero-order chi connectivity index (χ0) is 12.5. The van der Waals surface area contributed by atoms with Gasteiger partial charge in [0.25, 0.3) is 5.91 Å². The van der Waals surface area contributed by atoms with Crippen molar-refractivity contribution in [3.05, 3.63) is 11.1 Å². The van der Waals surface area contributed by atoms with Crippen molar-refractivity contribution in [2.24, 2.45) is 11.8 Å². The number of rotatable bonds is 3. The highest BCUT2D eigenvalue weighted by molar-refractivity contribution is 8.00. The highest BCUT2D eigenvalue weighted by atomic mass is 32.2. The molecule has 2 aliphatic rings. The molecule has 0 aliphatic heterocycles. The van der Waals surface area contributed by atoms with Crippen molar-refractivity contribution in [1.82, 2.24) is 10.3 Å². The molecule has 1 N–H and O–H groups in total. The van der Waals surface area contributed by atoms with Crippen LogP contribution in [0.2, 0.25) is 0 Å². The van der Waals surface area contributed by atoms with Gasteiger partial charge >= 0.3 is 0 Å². The van der Waals surface area contributed by atoms with E-state index in [1.165, 1.54) is 25.7 Å². The number of carbonyl (C=O) groups is 1. The summed E-state index contributed by atoms with van der Waals surface area (Å²) in [6.07, 6.45) is 8.44. The Morgan fingerprint density at radius 3 is 3.11 bits per heavy atom. The Kier molecular flexibility index (Phi) is 3.61. The quantitative estimate of drug-likeness (QED) is 0.866. The molecular weight excluding hydrogens is 264 g/mol. The van der Waals surface area contributed by atoms with Crippen LogP contribution in [0.3, 0.4) is 0 Å². The number of nitrogens with one attached hydrogen (secondary N) is 1. The maximum Gasteiger partial charge on any atom is 0.271 e. The summed E-state index contributed by atoms with van der Waals surface area (Å²) in [4.78, 5) is 16.5. The van der Waals surface area contributed by atoms with E-state index in [0.717, 1.165) is 22.6 Å². The fourth-order valence-electron chi connectivity index (χ4n) is 3.44. The van der Waals surface area contributed by atoms with Crippen LogP contribution in [0.5, 0.6) is 0 Å². The van der Waals surface area contributed by atoms with Crippen molar-refractivity contribution >= 4 is 29.0 Å². The van der Waals surface area contributed by atoms with Crippen LogP contribution in [0.1, 0.15) is 42.6 Å². The molecule has 0 radical (unpaired) electrons. The van der Waals surface area contributed by atoms with Gasteiger partial charge in [-0.1, -0.05) is 24.6 Å². The van der Waals surface area contributed by atoms with E-state index in [9.17, 15) is 4.79 Å². The van der Waals surface area contributed by atoms with Crippen LogP contribution in [0.15, 0.2) is 9.72 Å². The Morgan fingerprint density at radius 2 is 2.33 bits per heavy atom. The van der Waals surface area contributed by atoms with Crippen LogP contribution in [-0.2, 0) is 0 Å². The number of aromatic nitrogens is 1. The van der Waals surface area contributed by atoms with Gasteiger partial charge in [0, 0.05) is 11.4 Å². The minimum atomic E-state index is 0.0177. The Balaban J connectivity index is 1.64. The summed E-state index contributed by atoms with van der Waals surface area (Å²) in [7, 11) is 0. The predicted molar refractivity (Wildman–Crippen MR) is 75.2 cm³/mol. The van der Waals surface area contributed by atoms with Crippen molar-refractivity contribution in [2.45, 2.75) is 42.5 Å². The number of hydrogen-bond donors (Lipinski definition) is 1. The van der Waals surface area contributed by atoms with Crippen LogP contribution in [-0.4, -0.2) is 23.2 Å². The summed E-state index contributed by atoms with van der Waals surface area (Å²) in [6.45, 7) is 0. The molecule has 0 saturated heterocycles. The lowest BCUT2D eigenvalue weighted by atomic mass is 9.97. The second kappa shape index (κ2) is 5.21. The fraction of sp³-hybridized carbons (Fsp3) is 0.692. The lowest BCUT2D eigenvalue weighted by Crippen LogP contribution is -2.37. The fourth-order valence-corrected chi connectivity index (χ4v) is 4.68. The molecule has 0 unspecified atom stereocenters. The Bertz CT molecular complexity index is 446. The highest BCUT2D eigenvalue weighted by Crippen LogP contribution is 2.44. The Labute approximate surface area is 116 Å². The van der Waals surface area contributed by atoms with Crippen LogP contribution in [0, 0.1) is 11.8 Å². The van der Waals surface area contributed by atoms with E-state index in [0.29, 0.717) is 11.7 Å². The number of hydrogen-bond acceptors (Lipinski definition) is 4. The molecule has 2 aliphatic carbocycles. The van der Waals surface area contributed by atoms with Crippen molar-refractivity contribution < 1.29 is 4.79 Å². The second-order valence-corrected chi connectivity index (χ2v) is 7.13. The smallest absolute Gasteiger partial charge is 0.271 e. The van der Waals surface area contributed by atoms with Gasteiger partial charge < -0.3 is 5.32 Å². The SMILES string of the molecule is CSc1nc(C(=O)N[C@@H]2CC[C@H]3CCC[C@H]32)cs1. The van der Waals surface area contributed by atoms with Crippen molar-refractivity contribution in [1.29, 1.82) is 0 Å². The number of thiazole rings is 1. The zero-order valence-electron chi connectivity index (χ0n) is 10.5. The molecule has 3 atom stereocenters. The van der Waals surface area contributed by atoms with Gasteiger partial charge in [0.2, 0.25) is 0 Å². The molecular formula is C13H18N2OS2. The van der Waals surface area contributed by atoms with E-state index in [1.54, 1.807) is 23.1 Å². The van der Waals surface area contributed by atoms with E-state index in [4.69, 9.17) is 0 Å². The molecule has 1 aromatic rings. The molecule has 18 heavy (non-hydrogen) atoms. The average molecular weight is 282 g/mol. The van der Waals surface area contributed by atoms with Crippen molar-refractivity contribution in [3.63, 3.8) is 0 Å². The lowest BCUT2D eigenvalue weighted by Gasteiger charge is -2.19. The first-order valence-electron chi connectivity index (χ1n) is 6.58. The number of thioether (sulfide) groups is 1. The van der Waals surface area contributed by atoms with Gasteiger partial charge in [0.15, 0.2) is 0 Å². The summed E-state index contributed by atoms with van der Waals surface area (Å²) in [5, 5.41) is 5.06. The van der Waals surface area contributed by atoms with Gasteiger partial charge in [-0.2, -0.15) is 0 Å². The largest absolute Gasteiger partial charge is 0.348 e. The third-order valence-electron chi connectivity index (χ3n) is 4.29. The number of amides is 1. The first-order valence-corrected chi connectivity index (χ1v) is 8.68. The van der Waals surface area contributed by atoms with Crippen LogP contribution < -0.4 is 5.32 Å². The lowest BCUT2D eigenvalue weighted by molar-refractivity contribution is 0.0921. The van der Waals surface area contributed by atoms with E-state index >= 15 is 0 Å². The summed E-state index contributed by atoms with van der Waals surface area (Å²) < 4.78 is 0.963. The first-order chi connectivity index (χ1) is 8.78. The predicted octanol–water partition coefficient (Wildman–Crippen LogP) is 3.17. The molecule has 2 saturated carbocycles. The summed E-state index contributed by atoms with van der Waals surface area (Å²) >= 11 is 3.14. The molecule has 2 fully saturated rings. The van der Waals surface area contributed by atoms with Gasteiger partial charge in [0.1, 0.15) is 10.0 Å². The van der Waals surface area contributed by atoms with Crippen LogP contribution >= 0.6 is 23.1 Å². The minimum absolute atomic E-state index is 0.0177. The van der Waals surface area contributed by atoms with E-state index < -0.39 is 0 Å². The van der Waals surface area contributed by atoms with Gasteiger partial charge in [0.05, 0.1) is 0 Å². The van der Waals surface area contributed by atoms with Gasteiger partial charge in [-0.15, -0.1) is 11.3 Å². The zero-order valence-corrected chi connectivity index (χ0v) is 12.1. The Hall–Kier alpha value is -0.550. The van der Waals surface area contributed by atoms with Crippen molar-refractivity contribution in [3.8, 4) is 0 Å². The van der Waals surface area contributed by atoms with E-state index in [1.807, 2.05) is 11.6 Å². The summed E-state index contributed by atoms with van der Waals surface area (Å²) in [5.41, 5.74) is 0.589. The Morgan fingerprint density at radius 1 is 1.44 bits per heavy atom. The maximum atomic E-state index is 12.1. The maximum absolute atomic E-state index is 12.1.